The number of amides is 1. The molecule has 6 nitrogen and oxygen atoms in total. The summed E-state index contributed by atoms with van der Waals surface area (Å²) < 4.78 is 5.60. The quantitative estimate of drug-likeness (QED) is 0.673. The number of likely N-dealkylation sites (N-methyl/N-ethyl adjacent to an activating group) is 1. The average molecular weight is 392 g/mol. The van der Waals surface area contributed by atoms with Crippen molar-refractivity contribution >= 4 is 23.3 Å². The number of ether oxygens (including phenoxy) is 1. The van der Waals surface area contributed by atoms with Crippen LogP contribution in [0.5, 0.6) is 5.75 Å². The molecule has 0 spiro atoms. The molecule has 0 aromatic heterocycles. The van der Waals surface area contributed by atoms with E-state index in [0.29, 0.717) is 21.9 Å². The van der Waals surface area contributed by atoms with Crippen molar-refractivity contribution in [3.05, 3.63) is 64.7 Å². The van der Waals surface area contributed by atoms with Gasteiger partial charge in [-0.1, -0.05) is 11.6 Å². The molecule has 2 rings (SSSR count). The summed E-state index contributed by atoms with van der Waals surface area (Å²) >= 11 is 5.83. The van der Waals surface area contributed by atoms with Crippen molar-refractivity contribution < 1.29 is 24.5 Å². The third-order valence-corrected chi connectivity index (χ3v) is 4.21. The number of hydrogen-bond acceptors (Lipinski definition) is 5. The molecule has 2 atom stereocenters. The second kappa shape index (κ2) is 9.50. The lowest BCUT2D eigenvalue weighted by Gasteiger charge is -2.23. The smallest absolute Gasteiger partial charge is 0.263 e. The molecule has 0 aliphatic carbocycles. The second-order valence-corrected chi connectivity index (χ2v) is 6.61. The van der Waals surface area contributed by atoms with E-state index in [-0.39, 0.29) is 18.2 Å². The SMILES string of the molecule is CC(Oc1ccc(C(=O)c2ccc(Cl)cc2)cc1)C(=O)N(C)CC(O)CO. The highest BCUT2D eigenvalue weighted by Crippen LogP contribution is 2.18. The third kappa shape index (κ3) is 5.79. The van der Waals surface area contributed by atoms with E-state index in [1.54, 1.807) is 55.5 Å². The molecule has 0 bridgehead atoms. The van der Waals surface area contributed by atoms with Gasteiger partial charge in [0.15, 0.2) is 11.9 Å². The minimum atomic E-state index is -0.996. The molecule has 7 heteroatoms. The molecule has 2 N–H and O–H groups in total. The number of benzene rings is 2. The number of carbonyl (C=O) groups excluding carboxylic acids is 2. The van der Waals surface area contributed by atoms with Crippen LogP contribution in [0.25, 0.3) is 0 Å². The van der Waals surface area contributed by atoms with E-state index < -0.39 is 18.8 Å². The summed E-state index contributed by atoms with van der Waals surface area (Å²) in [6.45, 7) is 1.18. The van der Waals surface area contributed by atoms with Crippen molar-refractivity contribution in [1.29, 1.82) is 0 Å². The van der Waals surface area contributed by atoms with Crippen LogP contribution >= 0.6 is 11.6 Å². The zero-order chi connectivity index (χ0) is 20.0. The maximum Gasteiger partial charge on any atom is 0.263 e. The number of nitrogens with zero attached hydrogens (tertiary/aromatic N) is 1. The van der Waals surface area contributed by atoms with Gasteiger partial charge in [-0.05, 0) is 55.5 Å². The van der Waals surface area contributed by atoms with Crippen LogP contribution in [-0.2, 0) is 4.79 Å². The topological polar surface area (TPSA) is 87.1 Å². The Balaban J connectivity index is 1.99. The molecule has 1 amide bonds. The molecule has 0 aliphatic rings. The standard InChI is InChI=1S/C20H22ClNO5/c1-13(20(26)22(2)11-17(24)12-23)27-18-9-5-15(6-10-18)19(25)14-3-7-16(21)8-4-14/h3-10,13,17,23-24H,11-12H2,1-2H3. The summed E-state index contributed by atoms with van der Waals surface area (Å²) in [5, 5.41) is 18.8. The van der Waals surface area contributed by atoms with E-state index in [0.717, 1.165) is 0 Å². The molecule has 0 saturated heterocycles. The van der Waals surface area contributed by atoms with Crippen LogP contribution in [0.4, 0.5) is 0 Å². The fraction of sp³-hybridized carbons (Fsp3) is 0.300. The van der Waals surface area contributed by atoms with E-state index in [1.807, 2.05) is 0 Å². The van der Waals surface area contributed by atoms with Crippen LogP contribution < -0.4 is 4.74 Å². The average Bonchev–Trinajstić information content (AvgIpc) is 2.67. The summed E-state index contributed by atoms with van der Waals surface area (Å²) in [4.78, 5) is 26.0. The molecule has 27 heavy (non-hydrogen) atoms. The first-order valence-electron chi connectivity index (χ1n) is 8.42. The van der Waals surface area contributed by atoms with Crippen molar-refractivity contribution in [2.45, 2.75) is 19.1 Å². The molecule has 2 unspecified atom stereocenters. The van der Waals surface area contributed by atoms with Gasteiger partial charge in [0.25, 0.3) is 5.91 Å². The maximum absolute atomic E-state index is 12.4. The van der Waals surface area contributed by atoms with Gasteiger partial charge < -0.3 is 19.8 Å². The van der Waals surface area contributed by atoms with E-state index in [1.165, 1.54) is 11.9 Å². The van der Waals surface area contributed by atoms with E-state index in [9.17, 15) is 14.7 Å². The fourth-order valence-electron chi connectivity index (χ4n) is 2.48. The number of ketones is 1. The molecule has 0 saturated carbocycles. The Hall–Kier alpha value is -2.41. The number of hydrogen-bond donors (Lipinski definition) is 2. The first kappa shape index (κ1) is 20.9. The lowest BCUT2D eigenvalue weighted by Crippen LogP contribution is -2.42. The Bertz CT molecular complexity index is 776. The van der Waals surface area contributed by atoms with E-state index in [4.69, 9.17) is 21.4 Å². The van der Waals surface area contributed by atoms with Gasteiger partial charge in [-0.15, -0.1) is 0 Å². The third-order valence-electron chi connectivity index (χ3n) is 3.96. The minimum Gasteiger partial charge on any atom is -0.481 e. The summed E-state index contributed by atoms with van der Waals surface area (Å²) in [5.41, 5.74) is 1.02. The minimum absolute atomic E-state index is 0.0115. The van der Waals surface area contributed by atoms with Gasteiger partial charge in [0.1, 0.15) is 5.75 Å². The lowest BCUT2D eigenvalue weighted by atomic mass is 10.0. The summed E-state index contributed by atoms with van der Waals surface area (Å²) in [7, 11) is 1.52. The second-order valence-electron chi connectivity index (χ2n) is 6.18. The lowest BCUT2D eigenvalue weighted by molar-refractivity contribution is -0.138. The number of rotatable bonds is 8. The zero-order valence-electron chi connectivity index (χ0n) is 15.1. The largest absolute Gasteiger partial charge is 0.481 e. The van der Waals surface area contributed by atoms with Gasteiger partial charge in [0.2, 0.25) is 0 Å². The molecule has 0 aliphatic heterocycles. The molecule has 0 heterocycles. The molecule has 2 aromatic carbocycles. The zero-order valence-corrected chi connectivity index (χ0v) is 15.9. The van der Waals surface area contributed by atoms with Crippen molar-refractivity contribution in [1.82, 2.24) is 4.90 Å². The van der Waals surface area contributed by atoms with Crippen molar-refractivity contribution in [3.63, 3.8) is 0 Å². The van der Waals surface area contributed by atoms with Crippen molar-refractivity contribution in [2.75, 3.05) is 20.2 Å². The predicted octanol–water partition coefficient (Wildman–Crippen LogP) is 2.15. The Labute approximate surface area is 162 Å². The molecule has 2 aromatic rings. The van der Waals surface area contributed by atoms with Gasteiger partial charge >= 0.3 is 0 Å². The first-order valence-corrected chi connectivity index (χ1v) is 8.80. The fourth-order valence-corrected chi connectivity index (χ4v) is 2.61. The van der Waals surface area contributed by atoms with Gasteiger partial charge in [0, 0.05) is 29.7 Å². The molecule has 144 valence electrons. The van der Waals surface area contributed by atoms with Crippen LogP contribution in [0.3, 0.4) is 0 Å². The summed E-state index contributed by atoms with van der Waals surface area (Å²) in [6.07, 6.45) is -1.77. The monoisotopic (exact) mass is 391 g/mol. The Morgan fingerprint density at radius 1 is 1.07 bits per heavy atom. The van der Waals surface area contributed by atoms with Crippen LogP contribution in [-0.4, -0.2) is 59.2 Å². The predicted molar refractivity (Wildman–Crippen MR) is 102 cm³/mol. The Morgan fingerprint density at radius 2 is 1.59 bits per heavy atom. The summed E-state index contributed by atoms with van der Waals surface area (Å²) in [5.74, 6) is -0.0245. The Kier molecular flexibility index (Phi) is 7.36. The highest BCUT2D eigenvalue weighted by Gasteiger charge is 2.21. The number of halogens is 1. The van der Waals surface area contributed by atoms with Gasteiger partial charge in [0.05, 0.1) is 12.7 Å². The van der Waals surface area contributed by atoms with Crippen LogP contribution in [0, 0.1) is 0 Å². The molecular formula is C20H22ClNO5. The molecule has 0 fully saturated rings. The Morgan fingerprint density at radius 3 is 2.11 bits per heavy atom. The van der Waals surface area contributed by atoms with Gasteiger partial charge in [-0.3, -0.25) is 9.59 Å². The number of aliphatic hydroxyl groups excluding tert-OH is 2. The van der Waals surface area contributed by atoms with E-state index >= 15 is 0 Å². The number of carbonyl (C=O) groups is 2. The molecule has 0 radical (unpaired) electrons. The summed E-state index contributed by atoms with van der Waals surface area (Å²) in [6, 6.07) is 13.1. The van der Waals surface area contributed by atoms with Crippen LogP contribution in [0.15, 0.2) is 48.5 Å². The highest BCUT2D eigenvalue weighted by atomic mass is 35.5. The van der Waals surface area contributed by atoms with Gasteiger partial charge in [-0.2, -0.15) is 0 Å². The van der Waals surface area contributed by atoms with Gasteiger partial charge in [-0.25, -0.2) is 0 Å². The van der Waals surface area contributed by atoms with Crippen LogP contribution in [0.2, 0.25) is 5.02 Å². The van der Waals surface area contributed by atoms with Crippen LogP contribution in [0.1, 0.15) is 22.8 Å². The van der Waals surface area contributed by atoms with Crippen molar-refractivity contribution in [3.8, 4) is 5.75 Å². The molecular weight excluding hydrogens is 370 g/mol. The van der Waals surface area contributed by atoms with Crippen molar-refractivity contribution in [2.24, 2.45) is 0 Å². The first-order chi connectivity index (χ1) is 12.8. The number of aliphatic hydroxyl groups is 2. The highest BCUT2D eigenvalue weighted by molar-refractivity contribution is 6.30. The normalized spacial score (nSPS) is 12.9. The maximum atomic E-state index is 12.4. The van der Waals surface area contributed by atoms with E-state index in [2.05, 4.69) is 0 Å².